The van der Waals surface area contributed by atoms with Crippen molar-refractivity contribution in [1.82, 2.24) is 0 Å². The predicted molar refractivity (Wildman–Crippen MR) is 134 cm³/mol. The van der Waals surface area contributed by atoms with E-state index in [0.29, 0.717) is 32.3 Å². The Morgan fingerprint density at radius 3 is 2.51 bits per heavy atom. The van der Waals surface area contributed by atoms with Gasteiger partial charge in [-0.25, -0.2) is 0 Å². The molecule has 0 N–H and O–H groups in total. The van der Waals surface area contributed by atoms with Crippen molar-refractivity contribution in [2.75, 3.05) is 13.7 Å². The Hall–Kier alpha value is -1.87. The first-order valence-corrected chi connectivity index (χ1v) is 13.8. The summed E-state index contributed by atoms with van der Waals surface area (Å²) in [5.41, 5.74) is 0.745. The average molecular weight is 531 g/mol. The van der Waals surface area contributed by atoms with Gasteiger partial charge in [0.2, 0.25) is 5.78 Å². The summed E-state index contributed by atoms with van der Waals surface area (Å²) in [4.78, 5) is 35.6. The van der Waals surface area contributed by atoms with Gasteiger partial charge in [-0.3, -0.25) is 14.4 Å². The molecule has 1 saturated carbocycles. The molecule has 0 aromatic carbocycles. The Bertz CT molecular complexity index is 762. The number of rotatable bonds is 16. The Labute approximate surface area is 219 Å². The molecular formula is C28H44F2O7. The van der Waals surface area contributed by atoms with Crippen molar-refractivity contribution in [2.45, 2.75) is 128 Å². The van der Waals surface area contributed by atoms with Crippen LogP contribution in [0.1, 0.15) is 104 Å². The van der Waals surface area contributed by atoms with E-state index >= 15 is 0 Å². The summed E-state index contributed by atoms with van der Waals surface area (Å²) >= 11 is 0. The van der Waals surface area contributed by atoms with E-state index in [1.54, 1.807) is 6.08 Å². The van der Waals surface area contributed by atoms with Crippen molar-refractivity contribution in [2.24, 2.45) is 5.92 Å². The third-order valence-corrected chi connectivity index (χ3v) is 7.12. The number of carbonyl (C=O) groups excluding carboxylic acids is 3. The van der Waals surface area contributed by atoms with Crippen LogP contribution in [0.4, 0.5) is 8.78 Å². The maximum atomic E-state index is 14.4. The van der Waals surface area contributed by atoms with Crippen molar-refractivity contribution < 1.29 is 42.1 Å². The molecule has 1 aliphatic carbocycles. The van der Waals surface area contributed by atoms with Crippen LogP contribution in [-0.4, -0.2) is 55.9 Å². The summed E-state index contributed by atoms with van der Waals surface area (Å²) in [6.07, 6.45) is 7.62. The normalized spacial score (nSPS) is 25.3. The van der Waals surface area contributed by atoms with Crippen molar-refractivity contribution >= 4 is 17.7 Å². The van der Waals surface area contributed by atoms with Crippen molar-refractivity contribution in [3.63, 3.8) is 0 Å². The molecule has 212 valence electrons. The van der Waals surface area contributed by atoms with Crippen LogP contribution >= 0.6 is 0 Å². The number of esters is 2. The number of ketones is 1. The minimum atomic E-state index is -3.36. The fourth-order valence-electron chi connectivity index (χ4n) is 5.07. The molecule has 9 heteroatoms. The quantitative estimate of drug-likeness (QED) is 0.136. The van der Waals surface area contributed by atoms with E-state index in [-0.39, 0.29) is 24.7 Å². The summed E-state index contributed by atoms with van der Waals surface area (Å²) < 4.78 is 51.0. The topological polar surface area (TPSA) is 88.1 Å². The monoisotopic (exact) mass is 530 g/mol. The lowest BCUT2D eigenvalue weighted by molar-refractivity contribution is -0.181. The van der Waals surface area contributed by atoms with E-state index < -0.39 is 42.6 Å². The van der Waals surface area contributed by atoms with Gasteiger partial charge in [0.05, 0.1) is 13.2 Å². The number of hydrogen-bond acceptors (Lipinski definition) is 7. The van der Waals surface area contributed by atoms with Crippen molar-refractivity contribution in [3.05, 3.63) is 11.6 Å². The molecule has 0 radical (unpaired) electrons. The molecule has 37 heavy (non-hydrogen) atoms. The van der Waals surface area contributed by atoms with E-state index in [9.17, 15) is 23.2 Å². The number of halogens is 2. The van der Waals surface area contributed by atoms with Gasteiger partial charge in [0, 0.05) is 45.1 Å². The highest BCUT2D eigenvalue weighted by Gasteiger charge is 2.43. The molecule has 0 aromatic rings. The van der Waals surface area contributed by atoms with E-state index in [4.69, 9.17) is 14.2 Å². The van der Waals surface area contributed by atoms with Gasteiger partial charge in [0.15, 0.2) is 6.29 Å². The first-order chi connectivity index (χ1) is 17.7. The lowest BCUT2D eigenvalue weighted by Crippen LogP contribution is -2.29. The van der Waals surface area contributed by atoms with Gasteiger partial charge in [0.25, 0.3) is 0 Å². The zero-order chi connectivity index (χ0) is 27.3. The van der Waals surface area contributed by atoms with Crippen LogP contribution in [0.3, 0.4) is 0 Å². The van der Waals surface area contributed by atoms with Crippen LogP contribution in [-0.2, 0) is 33.3 Å². The highest BCUT2D eigenvalue weighted by atomic mass is 19.3. The molecule has 7 nitrogen and oxygen atoms in total. The van der Waals surface area contributed by atoms with E-state index in [1.165, 1.54) is 14.0 Å². The Morgan fingerprint density at radius 1 is 1.11 bits per heavy atom. The summed E-state index contributed by atoms with van der Waals surface area (Å²) in [6.45, 7) is 3.76. The lowest BCUT2D eigenvalue weighted by atomic mass is 9.91. The summed E-state index contributed by atoms with van der Waals surface area (Å²) in [5, 5.41) is 0. The molecule has 2 fully saturated rings. The highest BCUT2D eigenvalue weighted by molar-refractivity contribution is 5.86. The molecule has 4 atom stereocenters. The first kappa shape index (κ1) is 31.3. The number of ether oxygens (including phenoxy) is 4. The van der Waals surface area contributed by atoms with Crippen LogP contribution in [0.25, 0.3) is 0 Å². The fourth-order valence-corrected chi connectivity index (χ4v) is 5.07. The maximum absolute atomic E-state index is 14.4. The minimum absolute atomic E-state index is 0.227. The smallest absolute Gasteiger partial charge is 0.305 e. The summed E-state index contributed by atoms with van der Waals surface area (Å²) in [6, 6.07) is 0. The van der Waals surface area contributed by atoms with Crippen molar-refractivity contribution in [1.29, 1.82) is 0 Å². The molecule has 1 heterocycles. The number of Topliss-reactive ketones (excluding diaryl/α,β-unsaturated/α-hetero) is 1. The number of alkyl halides is 2. The van der Waals surface area contributed by atoms with Gasteiger partial charge in [-0.15, -0.1) is 0 Å². The second-order valence-electron chi connectivity index (χ2n) is 10.1. The number of unbranched alkanes of at least 4 members (excludes halogenated alkanes) is 4. The highest BCUT2D eigenvalue weighted by Crippen LogP contribution is 2.41. The first-order valence-electron chi connectivity index (χ1n) is 13.8. The van der Waals surface area contributed by atoms with Gasteiger partial charge < -0.3 is 18.9 Å². The zero-order valence-corrected chi connectivity index (χ0v) is 22.6. The average Bonchev–Trinajstić information content (AvgIpc) is 3.18. The molecule has 1 unspecified atom stereocenters. The van der Waals surface area contributed by atoms with Gasteiger partial charge >= 0.3 is 17.9 Å². The Morgan fingerprint density at radius 2 is 1.86 bits per heavy atom. The third-order valence-electron chi connectivity index (χ3n) is 7.12. The summed E-state index contributed by atoms with van der Waals surface area (Å²) in [7, 11) is 1.37. The maximum Gasteiger partial charge on any atom is 0.305 e. The molecule has 0 aromatic heterocycles. The second-order valence-corrected chi connectivity index (χ2v) is 10.1. The minimum Gasteiger partial charge on any atom is -0.469 e. The van der Waals surface area contributed by atoms with E-state index in [0.717, 1.165) is 50.5 Å². The zero-order valence-electron chi connectivity index (χ0n) is 22.6. The number of carbonyl (C=O) groups is 3. The van der Waals surface area contributed by atoms with Gasteiger partial charge in [0.1, 0.15) is 6.10 Å². The van der Waals surface area contributed by atoms with E-state index in [1.807, 2.05) is 6.92 Å². The molecular weight excluding hydrogens is 486 g/mol. The molecule has 0 amide bonds. The van der Waals surface area contributed by atoms with Gasteiger partial charge in [-0.05, 0) is 44.1 Å². The number of allylic oxidation sites excluding steroid dienone is 1. The molecule has 1 saturated heterocycles. The van der Waals surface area contributed by atoms with Crippen LogP contribution in [0, 0.1) is 5.92 Å². The molecule has 1 aliphatic heterocycles. The Kier molecular flexibility index (Phi) is 13.7. The molecule has 0 bridgehead atoms. The standard InChI is InChI=1S/C28H44F2O7/c1-4-5-17-28(29,30)25(32)16-15-22-21(12-8-6-7-9-13-26(33)34-3)23(36-20(2)31)19-24(22)37-27-14-10-11-18-35-27/h15,21,23-24,27H,4-14,16-19H2,1-3H3/t21-,23+,24-,27?/m1/s1. The van der Waals surface area contributed by atoms with Gasteiger partial charge in [-0.1, -0.05) is 38.7 Å². The summed E-state index contributed by atoms with van der Waals surface area (Å²) in [5.74, 6) is -5.34. The van der Waals surface area contributed by atoms with E-state index in [2.05, 4.69) is 4.74 Å². The predicted octanol–water partition coefficient (Wildman–Crippen LogP) is 6.07. The SMILES string of the molecule is CCCCC(F)(F)C(=O)CC=C1[C@@H](CCCCCCC(=O)OC)[C@@H](OC(C)=O)C[C@H]1OC1CCCCO1. The van der Waals surface area contributed by atoms with Crippen molar-refractivity contribution in [3.8, 4) is 0 Å². The molecule has 2 rings (SSSR count). The second kappa shape index (κ2) is 16.2. The van der Waals surface area contributed by atoms with Crippen LogP contribution in [0.15, 0.2) is 11.6 Å². The van der Waals surface area contributed by atoms with Crippen LogP contribution < -0.4 is 0 Å². The third kappa shape index (κ3) is 10.8. The Balaban J connectivity index is 2.14. The van der Waals surface area contributed by atoms with Crippen LogP contribution in [0.5, 0.6) is 0 Å². The van der Waals surface area contributed by atoms with Crippen LogP contribution in [0.2, 0.25) is 0 Å². The fraction of sp³-hybridized carbons (Fsp3) is 0.821. The number of methoxy groups -OCH3 is 1. The number of hydrogen-bond donors (Lipinski definition) is 0. The van der Waals surface area contributed by atoms with Gasteiger partial charge in [-0.2, -0.15) is 8.78 Å². The largest absolute Gasteiger partial charge is 0.469 e. The molecule has 0 spiro atoms. The lowest BCUT2D eigenvalue weighted by Gasteiger charge is -2.27. The molecule has 2 aliphatic rings.